The highest BCUT2D eigenvalue weighted by atomic mass is 32.2. The van der Waals surface area contributed by atoms with Gasteiger partial charge in [0.15, 0.2) is 6.61 Å². The number of aromatic nitrogens is 1. The van der Waals surface area contributed by atoms with Crippen LogP contribution in [-0.2, 0) is 19.6 Å². The lowest BCUT2D eigenvalue weighted by Gasteiger charge is -2.26. The molecular weight excluding hydrogens is 398 g/mol. The first-order chi connectivity index (χ1) is 13.9. The Hall–Kier alpha value is -2.85. The minimum atomic E-state index is -3.75. The van der Waals surface area contributed by atoms with Gasteiger partial charge in [0.2, 0.25) is 10.0 Å². The maximum absolute atomic E-state index is 13.0. The summed E-state index contributed by atoms with van der Waals surface area (Å²) >= 11 is 0. The number of ether oxygens (including phenoxy) is 2. The predicted molar refractivity (Wildman–Crippen MR) is 105 cm³/mol. The van der Waals surface area contributed by atoms with Gasteiger partial charge in [-0.15, -0.1) is 0 Å². The standard InChI is InChI=1S/C19H23N3O6S/c1-27-16-8-7-14(12-17(16)29(25,26)22-10-3-2-4-11-22)21-18(23)13-28-19(24)15-6-5-9-20-15/h5-9,12,20H,2-4,10-11,13H2,1H3,(H,21,23). The largest absolute Gasteiger partial charge is 0.495 e. The number of aromatic amines is 1. The molecule has 1 aliphatic heterocycles. The number of nitrogens with zero attached hydrogens (tertiary/aromatic N) is 1. The Morgan fingerprint density at radius 3 is 2.59 bits per heavy atom. The van der Waals surface area contributed by atoms with E-state index in [0.717, 1.165) is 19.3 Å². The number of anilines is 1. The summed E-state index contributed by atoms with van der Waals surface area (Å²) in [5, 5.41) is 2.54. The fraction of sp³-hybridized carbons (Fsp3) is 0.368. The van der Waals surface area contributed by atoms with Crippen molar-refractivity contribution in [1.82, 2.24) is 9.29 Å². The quantitative estimate of drug-likeness (QED) is 0.660. The van der Waals surface area contributed by atoms with Gasteiger partial charge in [-0.2, -0.15) is 4.31 Å². The number of hydrogen-bond acceptors (Lipinski definition) is 6. The number of esters is 1. The van der Waals surface area contributed by atoms with Gasteiger partial charge in [0, 0.05) is 25.0 Å². The predicted octanol–water partition coefficient (Wildman–Crippen LogP) is 1.99. The van der Waals surface area contributed by atoms with E-state index in [2.05, 4.69) is 10.3 Å². The number of amides is 1. The van der Waals surface area contributed by atoms with E-state index in [-0.39, 0.29) is 22.0 Å². The zero-order valence-electron chi connectivity index (χ0n) is 16.0. The number of methoxy groups -OCH3 is 1. The highest BCUT2D eigenvalue weighted by Gasteiger charge is 2.29. The van der Waals surface area contributed by atoms with Gasteiger partial charge in [0.25, 0.3) is 5.91 Å². The van der Waals surface area contributed by atoms with Crippen molar-refractivity contribution >= 4 is 27.6 Å². The molecule has 1 aromatic heterocycles. The molecule has 2 N–H and O–H groups in total. The van der Waals surface area contributed by atoms with Crippen LogP contribution in [0.5, 0.6) is 5.75 Å². The van der Waals surface area contributed by atoms with Crippen LogP contribution in [0.3, 0.4) is 0 Å². The monoisotopic (exact) mass is 421 g/mol. The molecule has 0 unspecified atom stereocenters. The van der Waals surface area contributed by atoms with Crippen LogP contribution in [0.15, 0.2) is 41.4 Å². The maximum atomic E-state index is 13.0. The summed E-state index contributed by atoms with van der Waals surface area (Å²) < 4.78 is 37.6. The van der Waals surface area contributed by atoms with Crippen molar-refractivity contribution in [2.45, 2.75) is 24.2 Å². The number of piperidine rings is 1. The van der Waals surface area contributed by atoms with E-state index in [0.29, 0.717) is 13.1 Å². The zero-order valence-corrected chi connectivity index (χ0v) is 16.8. The smallest absolute Gasteiger partial charge is 0.355 e. The van der Waals surface area contributed by atoms with Crippen molar-refractivity contribution in [2.24, 2.45) is 0 Å². The van der Waals surface area contributed by atoms with Crippen molar-refractivity contribution in [3.63, 3.8) is 0 Å². The van der Waals surface area contributed by atoms with Crippen LogP contribution in [-0.4, -0.2) is 56.4 Å². The first-order valence-electron chi connectivity index (χ1n) is 9.20. The summed E-state index contributed by atoms with van der Waals surface area (Å²) in [4.78, 5) is 26.6. The van der Waals surface area contributed by atoms with Crippen LogP contribution in [0.1, 0.15) is 29.8 Å². The molecule has 2 heterocycles. The van der Waals surface area contributed by atoms with Gasteiger partial charge in [-0.1, -0.05) is 6.42 Å². The normalized spacial score (nSPS) is 14.9. The van der Waals surface area contributed by atoms with E-state index in [1.54, 1.807) is 12.3 Å². The minimum absolute atomic E-state index is 0.0110. The highest BCUT2D eigenvalue weighted by Crippen LogP contribution is 2.31. The van der Waals surface area contributed by atoms with E-state index in [4.69, 9.17) is 9.47 Å². The Kier molecular flexibility index (Phi) is 6.55. The van der Waals surface area contributed by atoms with Gasteiger partial charge in [-0.3, -0.25) is 4.79 Å². The molecule has 0 saturated carbocycles. The summed E-state index contributed by atoms with van der Waals surface area (Å²) in [5.74, 6) is -1.05. The molecule has 1 saturated heterocycles. The van der Waals surface area contributed by atoms with Crippen LogP contribution in [0.25, 0.3) is 0 Å². The molecule has 29 heavy (non-hydrogen) atoms. The van der Waals surface area contributed by atoms with Gasteiger partial charge in [-0.05, 0) is 43.2 Å². The molecule has 10 heteroatoms. The molecule has 1 aromatic carbocycles. The lowest BCUT2D eigenvalue weighted by Crippen LogP contribution is -2.35. The van der Waals surface area contributed by atoms with Crippen molar-refractivity contribution in [2.75, 3.05) is 32.1 Å². The maximum Gasteiger partial charge on any atom is 0.355 e. The molecule has 156 valence electrons. The third-order valence-electron chi connectivity index (χ3n) is 4.53. The number of nitrogens with one attached hydrogen (secondary N) is 2. The van der Waals surface area contributed by atoms with Crippen molar-refractivity contribution in [3.05, 3.63) is 42.2 Å². The molecule has 0 radical (unpaired) electrons. The third kappa shape index (κ3) is 4.96. The summed E-state index contributed by atoms with van der Waals surface area (Å²) in [6.07, 6.45) is 4.19. The average Bonchev–Trinajstić information content (AvgIpc) is 3.27. The molecule has 1 amide bonds. The molecule has 0 spiro atoms. The Morgan fingerprint density at radius 1 is 1.17 bits per heavy atom. The average molecular weight is 421 g/mol. The fourth-order valence-electron chi connectivity index (χ4n) is 3.06. The van der Waals surface area contributed by atoms with E-state index >= 15 is 0 Å². The van der Waals surface area contributed by atoms with Crippen LogP contribution in [0.2, 0.25) is 0 Å². The van der Waals surface area contributed by atoms with Gasteiger partial charge in [0.05, 0.1) is 7.11 Å². The Labute approximate surface area is 169 Å². The summed E-state index contributed by atoms with van der Waals surface area (Å²) in [6.45, 7) is 0.408. The molecule has 1 aliphatic rings. The lowest BCUT2D eigenvalue weighted by molar-refractivity contribution is -0.119. The summed E-state index contributed by atoms with van der Waals surface area (Å²) in [6, 6.07) is 7.53. The first-order valence-corrected chi connectivity index (χ1v) is 10.6. The van der Waals surface area contributed by atoms with E-state index in [1.165, 1.54) is 35.7 Å². The number of carbonyl (C=O) groups excluding carboxylic acids is 2. The number of hydrogen-bond donors (Lipinski definition) is 2. The number of carbonyl (C=O) groups is 2. The summed E-state index contributed by atoms with van der Waals surface area (Å²) in [5.41, 5.74) is 0.500. The van der Waals surface area contributed by atoms with Crippen molar-refractivity contribution in [3.8, 4) is 5.75 Å². The second kappa shape index (κ2) is 9.10. The van der Waals surface area contributed by atoms with Crippen molar-refractivity contribution < 1.29 is 27.5 Å². The molecular formula is C19H23N3O6S. The topological polar surface area (TPSA) is 118 Å². The van der Waals surface area contributed by atoms with Crippen LogP contribution >= 0.6 is 0 Å². The Bertz CT molecular complexity index is 966. The SMILES string of the molecule is COc1ccc(NC(=O)COC(=O)c2ccc[nH]2)cc1S(=O)(=O)N1CCCCC1. The summed E-state index contributed by atoms with van der Waals surface area (Å²) in [7, 11) is -2.36. The molecule has 0 aliphatic carbocycles. The van der Waals surface area contributed by atoms with E-state index in [9.17, 15) is 18.0 Å². The van der Waals surface area contributed by atoms with E-state index in [1.807, 2.05) is 0 Å². The third-order valence-corrected chi connectivity index (χ3v) is 6.45. The highest BCUT2D eigenvalue weighted by molar-refractivity contribution is 7.89. The number of rotatable bonds is 7. The van der Waals surface area contributed by atoms with Crippen LogP contribution < -0.4 is 10.1 Å². The lowest BCUT2D eigenvalue weighted by atomic mass is 10.2. The van der Waals surface area contributed by atoms with Crippen LogP contribution in [0.4, 0.5) is 5.69 Å². The Morgan fingerprint density at radius 2 is 1.93 bits per heavy atom. The van der Waals surface area contributed by atoms with Crippen LogP contribution in [0, 0.1) is 0 Å². The van der Waals surface area contributed by atoms with Gasteiger partial charge >= 0.3 is 5.97 Å². The number of H-pyrrole nitrogens is 1. The second-order valence-electron chi connectivity index (χ2n) is 6.54. The minimum Gasteiger partial charge on any atom is -0.495 e. The van der Waals surface area contributed by atoms with Gasteiger partial charge < -0.3 is 19.8 Å². The second-order valence-corrected chi connectivity index (χ2v) is 8.44. The Balaban J connectivity index is 1.71. The van der Waals surface area contributed by atoms with Crippen molar-refractivity contribution in [1.29, 1.82) is 0 Å². The number of benzene rings is 1. The first kappa shape index (κ1) is 20.9. The van der Waals surface area contributed by atoms with Gasteiger partial charge in [-0.25, -0.2) is 13.2 Å². The molecule has 3 rings (SSSR count). The molecule has 2 aromatic rings. The fourth-order valence-corrected chi connectivity index (χ4v) is 4.76. The molecule has 0 bridgehead atoms. The molecule has 0 atom stereocenters. The number of sulfonamides is 1. The van der Waals surface area contributed by atoms with Gasteiger partial charge in [0.1, 0.15) is 16.3 Å². The zero-order chi connectivity index (χ0) is 20.9. The van der Waals surface area contributed by atoms with E-state index < -0.39 is 28.5 Å². The molecule has 1 fully saturated rings. The molecule has 9 nitrogen and oxygen atoms in total.